The minimum absolute atomic E-state index is 0.0529. The van der Waals surface area contributed by atoms with Crippen LogP contribution in [0, 0.1) is 11.3 Å². The zero-order valence-corrected chi connectivity index (χ0v) is 20.9. The molecule has 2 saturated heterocycles. The second-order valence-electron chi connectivity index (χ2n) is 10.1. The number of alkyl halides is 3. The van der Waals surface area contributed by atoms with Crippen LogP contribution in [0.2, 0.25) is 0 Å². The average molecular weight is 516 g/mol. The average Bonchev–Trinajstić information content (AvgIpc) is 3.45. The van der Waals surface area contributed by atoms with Gasteiger partial charge in [-0.3, -0.25) is 4.90 Å². The molecule has 0 bridgehead atoms. The Kier molecular flexibility index (Phi) is 7.51. The first-order valence-corrected chi connectivity index (χ1v) is 12.8. The van der Waals surface area contributed by atoms with Gasteiger partial charge >= 0.3 is 12.2 Å². The first kappa shape index (κ1) is 25.7. The van der Waals surface area contributed by atoms with Gasteiger partial charge in [-0.1, -0.05) is 30.3 Å². The van der Waals surface area contributed by atoms with Crippen LogP contribution in [0.4, 0.5) is 19.0 Å². The third-order valence-corrected chi connectivity index (χ3v) is 7.48. The summed E-state index contributed by atoms with van der Waals surface area (Å²) in [6.07, 6.45) is -2.15. The van der Waals surface area contributed by atoms with Gasteiger partial charge < -0.3 is 19.9 Å². The number of nitrogens with one attached hydrogen (secondary N) is 1. The van der Waals surface area contributed by atoms with E-state index in [1.807, 2.05) is 42.3 Å². The lowest BCUT2D eigenvalue weighted by atomic mass is 10.1. The van der Waals surface area contributed by atoms with E-state index in [9.17, 15) is 18.4 Å². The molecular weight excluding hydrogens is 483 g/mol. The predicted molar refractivity (Wildman–Crippen MR) is 132 cm³/mol. The second kappa shape index (κ2) is 10.8. The highest BCUT2D eigenvalue weighted by atomic mass is 19.4. The van der Waals surface area contributed by atoms with E-state index >= 15 is 0 Å². The third-order valence-electron chi connectivity index (χ3n) is 7.48. The number of likely N-dealkylation sites (N-methyl/N-ethyl adjacent to an activating group) is 1. The Balaban J connectivity index is 1.50. The largest absolute Gasteiger partial charge is 0.462 e. The summed E-state index contributed by atoms with van der Waals surface area (Å²) in [6, 6.07) is 9.71. The van der Waals surface area contributed by atoms with Crippen molar-refractivity contribution in [2.45, 2.75) is 56.7 Å². The summed E-state index contributed by atoms with van der Waals surface area (Å²) in [7, 11) is 2.04. The number of ether oxygens (including phenoxy) is 1. The molecule has 1 aromatic carbocycles. The van der Waals surface area contributed by atoms with Crippen molar-refractivity contribution in [2.75, 3.05) is 44.7 Å². The van der Waals surface area contributed by atoms with Crippen LogP contribution in [0.3, 0.4) is 0 Å². The van der Waals surface area contributed by atoms with Crippen LogP contribution in [-0.2, 0) is 13.1 Å². The SMILES string of the molecule is CN1CCC[C@H]1COc1nc2c(c(N3CCN[C@@H](CC#N)C3)n1)C(C(F)(F)F)N(Cc1ccccc1)C2. The Morgan fingerprint density at radius 2 is 2.00 bits per heavy atom. The van der Waals surface area contributed by atoms with Gasteiger partial charge in [0.15, 0.2) is 0 Å². The van der Waals surface area contributed by atoms with Gasteiger partial charge in [0.1, 0.15) is 18.5 Å². The zero-order chi connectivity index (χ0) is 26.0. The molecule has 2 fully saturated rings. The highest BCUT2D eigenvalue weighted by Gasteiger charge is 2.52. The number of fused-ring (bicyclic) bond motifs is 1. The maximum atomic E-state index is 14.6. The van der Waals surface area contributed by atoms with Gasteiger partial charge in [0.05, 0.1) is 18.2 Å². The van der Waals surface area contributed by atoms with Gasteiger partial charge in [-0.2, -0.15) is 28.4 Å². The molecule has 37 heavy (non-hydrogen) atoms. The molecule has 198 valence electrons. The number of likely N-dealkylation sites (tertiary alicyclic amines) is 1. The summed E-state index contributed by atoms with van der Waals surface area (Å²) in [5.74, 6) is 0.266. The summed E-state index contributed by atoms with van der Waals surface area (Å²) in [6.45, 7) is 3.01. The summed E-state index contributed by atoms with van der Waals surface area (Å²) in [5.41, 5.74) is 1.26. The van der Waals surface area contributed by atoms with E-state index in [1.54, 1.807) is 0 Å². The van der Waals surface area contributed by atoms with Crippen molar-refractivity contribution in [2.24, 2.45) is 0 Å². The Bertz CT molecular complexity index is 1120. The molecule has 3 aliphatic heterocycles. The minimum atomic E-state index is -4.51. The maximum Gasteiger partial charge on any atom is 0.408 e. The van der Waals surface area contributed by atoms with Crippen molar-refractivity contribution in [3.63, 3.8) is 0 Å². The van der Waals surface area contributed by atoms with Crippen molar-refractivity contribution < 1.29 is 17.9 Å². The van der Waals surface area contributed by atoms with Crippen LogP contribution in [0.5, 0.6) is 6.01 Å². The van der Waals surface area contributed by atoms with Gasteiger partial charge in [-0.05, 0) is 32.0 Å². The van der Waals surface area contributed by atoms with Gasteiger partial charge in [-0.15, -0.1) is 0 Å². The number of hydrogen-bond acceptors (Lipinski definition) is 8. The fourth-order valence-electron chi connectivity index (χ4n) is 5.61. The topological polar surface area (TPSA) is 80.5 Å². The zero-order valence-electron chi connectivity index (χ0n) is 20.9. The van der Waals surface area contributed by atoms with Crippen LogP contribution in [0.1, 0.15) is 42.1 Å². The molecule has 0 saturated carbocycles. The van der Waals surface area contributed by atoms with Crippen LogP contribution in [0.15, 0.2) is 30.3 Å². The van der Waals surface area contributed by atoms with E-state index in [1.165, 1.54) is 4.90 Å². The van der Waals surface area contributed by atoms with Crippen LogP contribution >= 0.6 is 0 Å². The van der Waals surface area contributed by atoms with Crippen LogP contribution in [0.25, 0.3) is 0 Å². The molecule has 4 heterocycles. The highest BCUT2D eigenvalue weighted by Crippen LogP contribution is 2.48. The summed E-state index contributed by atoms with van der Waals surface area (Å²) < 4.78 is 49.9. The second-order valence-corrected chi connectivity index (χ2v) is 10.1. The van der Waals surface area contributed by atoms with Gasteiger partial charge in [0.25, 0.3) is 0 Å². The monoisotopic (exact) mass is 515 g/mol. The molecule has 3 aliphatic rings. The van der Waals surface area contributed by atoms with E-state index < -0.39 is 12.2 Å². The molecule has 11 heteroatoms. The normalized spacial score (nSPS) is 24.7. The Morgan fingerprint density at radius 1 is 1.19 bits per heavy atom. The standard InChI is InChI=1S/C26H32F3N7O/c1-34-12-5-8-20(34)17-37-25-32-21-16-36(14-18-6-3-2-4-7-18)23(26(27,28)29)22(21)24(33-25)35-13-11-31-19(15-35)9-10-30/h2-4,6-7,19-20,23,31H,5,8-9,11-17H2,1H3/t19-,20-,23?/m0/s1. The van der Waals surface area contributed by atoms with Gasteiger partial charge in [0.2, 0.25) is 0 Å². The first-order valence-electron chi connectivity index (χ1n) is 12.8. The number of anilines is 1. The fourth-order valence-corrected chi connectivity index (χ4v) is 5.61. The molecule has 3 atom stereocenters. The van der Waals surface area contributed by atoms with Crippen molar-refractivity contribution in [3.05, 3.63) is 47.2 Å². The quantitative estimate of drug-likeness (QED) is 0.602. The minimum Gasteiger partial charge on any atom is -0.462 e. The summed E-state index contributed by atoms with van der Waals surface area (Å²) >= 11 is 0. The predicted octanol–water partition coefficient (Wildman–Crippen LogP) is 3.26. The van der Waals surface area contributed by atoms with E-state index in [0.717, 1.165) is 24.9 Å². The number of benzene rings is 1. The summed E-state index contributed by atoms with van der Waals surface area (Å²) in [4.78, 5) is 14.6. The number of piperazine rings is 1. The molecule has 1 aromatic heterocycles. The number of nitriles is 1. The van der Waals surface area contributed by atoms with Crippen molar-refractivity contribution in [1.82, 2.24) is 25.1 Å². The number of rotatable bonds is 7. The summed E-state index contributed by atoms with van der Waals surface area (Å²) in [5, 5.41) is 12.5. The first-order chi connectivity index (χ1) is 17.8. The molecule has 8 nitrogen and oxygen atoms in total. The van der Waals surface area contributed by atoms with E-state index in [-0.39, 0.29) is 49.0 Å². The van der Waals surface area contributed by atoms with E-state index in [4.69, 9.17) is 4.74 Å². The number of aromatic nitrogens is 2. The lowest BCUT2D eigenvalue weighted by Crippen LogP contribution is -2.51. The lowest BCUT2D eigenvalue weighted by molar-refractivity contribution is -0.185. The highest BCUT2D eigenvalue weighted by molar-refractivity contribution is 5.55. The Hall–Kier alpha value is -2.94. The Morgan fingerprint density at radius 3 is 2.70 bits per heavy atom. The van der Waals surface area contributed by atoms with E-state index in [2.05, 4.69) is 26.3 Å². The number of halogens is 3. The molecular formula is C26H32F3N7O. The molecule has 0 amide bonds. The molecule has 0 aliphatic carbocycles. The maximum absolute atomic E-state index is 14.6. The molecule has 2 aromatic rings. The van der Waals surface area contributed by atoms with Gasteiger partial charge in [0, 0.05) is 50.4 Å². The third kappa shape index (κ3) is 5.66. The molecule has 1 N–H and O–H groups in total. The molecule has 0 spiro atoms. The van der Waals surface area contributed by atoms with Crippen LogP contribution < -0.4 is 15.0 Å². The number of nitrogens with zero attached hydrogens (tertiary/aromatic N) is 6. The Labute approximate surface area is 215 Å². The number of hydrogen-bond donors (Lipinski definition) is 1. The molecule has 0 radical (unpaired) electrons. The lowest BCUT2D eigenvalue weighted by Gasteiger charge is -2.36. The van der Waals surface area contributed by atoms with Crippen molar-refractivity contribution >= 4 is 5.82 Å². The van der Waals surface area contributed by atoms with Crippen LogP contribution in [-0.4, -0.2) is 77.9 Å². The smallest absolute Gasteiger partial charge is 0.408 e. The molecule has 1 unspecified atom stereocenters. The van der Waals surface area contributed by atoms with Crippen molar-refractivity contribution in [1.29, 1.82) is 5.26 Å². The van der Waals surface area contributed by atoms with Crippen molar-refractivity contribution in [3.8, 4) is 12.1 Å². The fraction of sp³-hybridized carbons (Fsp3) is 0.577. The molecule has 5 rings (SSSR count). The van der Waals surface area contributed by atoms with E-state index in [0.29, 0.717) is 31.9 Å². The van der Waals surface area contributed by atoms with Gasteiger partial charge in [-0.25, -0.2) is 0 Å².